The highest BCUT2D eigenvalue weighted by Gasteiger charge is 2.17. The minimum atomic E-state index is 0.119. The van der Waals surface area contributed by atoms with E-state index in [1.165, 1.54) is 4.80 Å². The molecule has 1 N–H and O–H groups in total. The maximum absolute atomic E-state index is 4.26. The summed E-state index contributed by atoms with van der Waals surface area (Å²) in [7, 11) is 3.69. The van der Waals surface area contributed by atoms with Crippen LogP contribution in [-0.2, 0) is 19.9 Å². The molecule has 0 amide bonds. The molecule has 2 aromatic heterocycles. The van der Waals surface area contributed by atoms with E-state index in [4.69, 9.17) is 0 Å². The lowest BCUT2D eigenvalue weighted by molar-refractivity contribution is 0.559. The van der Waals surface area contributed by atoms with Crippen molar-refractivity contribution in [1.82, 2.24) is 35.7 Å². The minimum Gasteiger partial charge on any atom is -0.313 e. The van der Waals surface area contributed by atoms with Crippen molar-refractivity contribution in [1.29, 1.82) is 0 Å². The predicted octanol–water partition coefficient (Wildman–Crippen LogP) is 0.374. The third-order valence-electron chi connectivity index (χ3n) is 3.02. The van der Waals surface area contributed by atoms with Crippen LogP contribution in [-0.4, -0.2) is 37.5 Å². The lowest BCUT2D eigenvalue weighted by Gasteiger charge is -2.17. The molecule has 19 heavy (non-hydrogen) atoms. The van der Waals surface area contributed by atoms with Gasteiger partial charge in [-0.3, -0.25) is 0 Å². The molecule has 1 atom stereocenters. The van der Waals surface area contributed by atoms with Crippen molar-refractivity contribution in [2.45, 2.75) is 32.7 Å². The number of rotatable bonds is 5. The van der Waals surface area contributed by atoms with Gasteiger partial charge in [0.15, 0.2) is 5.82 Å². The lowest BCUT2D eigenvalue weighted by atomic mass is 10.0. The number of hydrogen-bond acceptors (Lipinski definition) is 6. The first kappa shape index (κ1) is 13.5. The Kier molecular flexibility index (Phi) is 4.16. The molecule has 2 heterocycles. The van der Waals surface area contributed by atoms with Gasteiger partial charge < -0.3 is 5.32 Å². The number of tetrazole rings is 1. The Morgan fingerprint density at radius 3 is 2.68 bits per heavy atom. The van der Waals surface area contributed by atoms with Crippen molar-refractivity contribution in [3.05, 3.63) is 28.8 Å². The molecule has 0 spiro atoms. The number of hydrogen-bond donors (Lipinski definition) is 1. The van der Waals surface area contributed by atoms with Crippen LogP contribution in [0.1, 0.15) is 35.7 Å². The van der Waals surface area contributed by atoms with E-state index < -0.39 is 0 Å². The first-order chi connectivity index (χ1) is 9.13. The molecule has 0 radical (unpaired) electrons. The zero-order chi connectivity index (χ0) is 13.8. The zero-order valence-corrected chi connectivity index (χ0v) is 11.8. The monoisotopic (exact) mass is 261 g/mol. The van der Waals surface area contributed by atoms with E-state index in [0.29, 0.717) is 6.42 Å². The van der Waals surface area contributed by atoms with Gasteiger partial charge in [0.2, 0.25) is 0 Å². The van der Waals surface area contributed by atoms with Crippen LogP contribution in [0.15, 0.2) is 6.07 Å². The Bertz CT molecular complexity index is 549. The summed E-state index contributed by atoms with van der Waals surface area (Å²) in [6, 6.07) is 2.19. The Morgan fingerprint density at radius 1 is 1.32 bits per heavy atom. The van der Waals surface area contributed by atoms with Crippen LogP contribution in [0.25, 0.3) is 0 Å². The number of nitrogens with zero attached hydrogens (tertiary/aromatic N) is 6. The van der Waals surface area contributed by atoms with Crippen molar-refractivity contribution in [3.63, 3.8) is 0 Å². The molecule has 7 nitrogen and oxygen atoms in total. The highest BCUT2D eigenvalue weighted by Crippen LogP contribution is 2.20. The molecule has 102 valence electrons. The van der Waals surface area contributed by atoms with E-state index in [1.807, 2.05) is 14.0 Å². The van der Waals surface area contributed by atoms with Crippen LogP contribution in [0.3, 0.4) is 0 Å². The third-order valence-corrected chi connectivity index (χ3v) is 3.02. The van der Waals surface area contributed by atoms with E-state index in [1.54, 1.807) is 7.05 Å². The van der Waals surface area contributed by atoms with Gasteiger partial charge in [-0.15, -0.1) is 10.2 Å². The van der Waals surface area contributed by atoms with Gasteiger partial charge in [0.1, 0.15) is 0 Å². The second kappa shape index (κ2) is 5.83. The molecule has 0 aromatic carbocycles. The van der Waals surface area contributed by atoms with Crippen LogP contribution < -0.4 is 5.32 Å². The molecule has 7 heteroatoms. The van der Waals surface area contributed by atoms with Crippen LogP contribution in [0, 0.1) is 6.92 Å². The Hall–Kier alpha value is -1.89. The van der Waals surface area contributed by atoms with E-state index in [9.17, 15) is 0 Å². The van der Waals surface area contributed by atoms with Gasteiger partial charge in [0.25, 0.3) is 0 Å². The van der Waals surface area contributed by atoms with Crippen LogP contribution >= 0.6 is 0 Å². The van der Waals surface area contributed by atoms with Gasteiger partial charge in [-0.05, 0) is 37.2 Å². The van der Waals surface area contributed by atoms with E-state index in [-0.39, 0.29) is 6.04 Å². The summed E-state index contributed by atoms with van der Waals surface area (Å²) < 4.78 is 0. The molecule has 0 bridgehead atoms. The van der Waals surface area contributed by atoms with Crippen molar-refractivity contribution >= 4 is 0 Å². The second-order valence-corrected chi connectivity index (χ2v) is 4.48. The standard InChI is InChI=1S/C12H19N7/c1-5-10-9(6-8(2)14-15-10)11(13-3)7-12-16-18-19(4)17-12/h6,11,13H,5,7H2,1-4H3. The summed E-state index contributed by atoms with van der Waals surface area (Å²) in [5.41, 5.74) is 3.08. The number of aromatic nitrogens is 6. The van der Waals surface area contributed by atoms with E-state index in [0.717, 1.165) is 29.2 Å². The molecular weight excluding hydrogens is 242 g/mol. The maximum Gasteiger partial charge on any atom is 0.176 e. The summed E-state index contributed by atoms with van der Waals surface area (Å²) >= 11 is 0. The van der Waals surface area contributed by atoms with Gasteiger partial charge in [-0.1, -0.05) is 6.92 Å². The fourth-order valence-corrected chi connectivity index (χ4v) is 2.07. The van der Waals surface area contributed by atoms with Crippen LogP contribution in [0.4, 0.5) is 0 Å². The molecule has 0 aliphatic rings. The molecule has 0 aliphatic heterocycles. The highest BCUT2D eigenvalue weighted by molar-refractivity contribution is 5.25. The number of aryl methyl sites for hydroxylation is 3. The molecule has 0 saturated heterocycles. The average Bonchev–Trinajstić information content (AvgIpc) is 2.81. The zero-order valence-electron chi connectivity index (χ0n) is 11.8. The Morgan fingerprint density at radius 2 is 2.11 bits per heavy atom. The summed E-state index contributed by atoms with van der Waals surface area (Å²) in [5, 5.41) is 23.8. The van der Waals surface area contributed by atoms with E-state index >= 15 is 0 Å². The predicted molar refractivity (Wildman–Crippen MR) is 70.4 cm³/mol. The topological polar surface area (TPSA) is 81.4 Å². The molecular formula is C12H19N7. The lowest BCUT2D eigenvalue weighted by Crippen LogP contribution is -2.22. The van der Waals surface area contributed by atoms with Gasteiger partial charge in [0, 0.05) is 12.5 Å². The fraction of sp³-hybridized carbons (Fsp3) is 0.583. The largest absolute Gasteiger partial charge is 0.313 e. The molecule has 0 saturated carbocycles. The Balaban J connectivity index is 2.28. The quantitative estimate of drug-likeness (QED) is 0.837. The fourth-order valence-electron chi connectivity index (χ4n) is 2.07. The molecule has 1 unspecified atom stereocenters. The highest BCUT2D eigenvalue weighted by atomic mass is 15.6. The van der Waals surface area contributed by atoms with Crippen molar-refractivity contribution in [3.8, 4) is 0 Å². The minimum absolute atomic E-state index is 0.119. The average molecular weight is 261 g/mol. The van der Waals surface area contributed by atoms with Gasteiger partial charge in [-0.2, -0.15) is 15.0 Å². The van der Waals surface area contributed by atoms with E-state index in [2.05, 4.69) is 43.9 Å². The Labute approximate surface area is 112 Å². The summed E-state index contributed by atoms with van der Waals surface area (Å²) in [6.45, 7) is 4.03. The smallest absolute Gasteiger partial charge is 0.176 e. The maximum atomic E-state index is 4.26. The summed E-state index contributed by atoms with van der Waals surface area (Å²) in [5.74, 6) is 0.721. The first-order valence-electron chi connectivity index (χ1n) is 6.37. The number of nitrogens with one attached hydrogen (secondary N) is 1. The van der Waals surface area contributed by atoms with Crippen LogP contribution in [0.2, 0.25) is 0 Å². The SMILES string of the molecule is CCc1nnc(C)cc1C(Cc1nnn(C)n1)NC. The normalized spacial score (nSPS) is 12.6. The first-order valence-corrected chi connectivity index (χ1v) is 6.37. The van der Waals surface area contributed by atoms with Crippen molar-refractivity contribution in [2.24, 2.45) is 7.05 Å². The van der Waals surface area contributed by atoms with Gasteiger partial charge >= 0.3 is 0 Å². The molecule has 0 fully saturated rings. The molecule has 2 rings (SSSR count). The third kappa shape index (κ3) is 3.11. The molecule has 0 aliphatic carbocycles. The summed E-state index contributed by atoms with van der Waals surface area (Å²) in [4.78, 5) is 1.47. The molecule has 2 aromatic rings. The van der Waals surface area contributed by atoms with Crippen LogP contribution in [0.5, 0.6) is 0 Å². The van der Waals surface area contributed by atoms with Gasteiger partial charge in [-0.25, -0.2) is 0 Å². The van der Waals surface area contributed by atoms with Gasteiger partial charge in [0.05, 0.1) is 18.4 Å². The van der Waals surface area contributed by atoms with Crippen molar-refractivity contribution in [2.75, 3.05) is 7.05 Å². The summed E-state index contributed by atoms with van der Waals surface area (Å²) in [6.07, 6.45) is 1.54. The number of likely N-dealkylation sites (N-methyl/N-ethyl adjacent to an activating group) is 1. The van der Waals surface area contributed by atoms with Crippen molar-refractivity contribution < 1.29 is 0 Å². The second-order valence-electron chi connectivity index (χ2n) is 4.48.